The van der Waals surface area contributed by atoms with Crippen LogP contribution in [0, 0.1) is 13.8 Å². The van der Waals surface area contributed by atoms with Gasteiger partial charge in [-0.1, -0.05) is 80.7 Å². The van der Waals surface area contributed by atoms with Crippen LogP contribution in [0.5, 0.6) is 0 Å². The lowest BCUT2D eigenvalue weighted by Crippen LogP contribution is -2.19. The zero-order valence-corrected chi connectivity index (χ0v) is 23.8. The molecule has 224 valence electrons. The van der Waals surface area contributed by atoms with Crippen molar-refractivity contribution in [3.8, 4) is 0 Å². The highest BCUT2D eigenvalue weighted by Crippen LogP contribution is 2.37. The van der Waals surface area contributed by atoms with Gasteiger partial charge in [0.15, 0.2) is 0 Å². The molecule has 2 aromatic carbocycles. The van der Waals surface area contributed by atoms with Gasteiger partial charge in [-0.05, 0) is 64.0 Å². The maximum Gasteiger partial charge on any atom is 0.416 e. The first-order chi connectivity index (χ1) is 18.7. The van der Waals surface area contributed by atoms with E-state index in [1.807, 2.05) is 0 Å². The molecule has 2 aromatic rings. The summed E-state index contributed by atoms with van der Waals surface area (Å²) >= 11 is 0. The molecule has 0 radical (unpaired) electrons. The number of amides is 1. The Morgan fingerprint density at radius 2 is 1.12 bits per heavy atom. The third-order valence-electron chi connectivity index (χ3n) is 6.80. The summed E-state index contributed by atoms with van der Waals surface area (Å²) in [5.74, 6) is -0.591. The molecule has 0 heterocycles. The number of aryl methyl sites for hydroxylation is 2. The van der Waals surface area contributed by atoms with Crippen molar-refractivity contribution in [1.82, 2.24) is 4.90 Å². The molecule has 3 nitrogen and oxygen atoms in total. The number of hydrogen-bond donors (Lipinski definition) is 1. The highest BCUT2D eigenvalue weighted by atomic mass is 19.4. The molecule has 0 bridgehead atoms. The van der Waals surface area contributed by atoms with Gasteiger partial charge >= 0.3 is 12.4 Å². The summed E-state index contributed by atoms with van der Waals surface area (Å²) in [6, 6.07) is 7.78. The zero-order chi connectivity index (χ0) is 29.8. The summed E-state index contributed by atoms with van der Waals surface area (Å²) in [6.45, 7) is 6.31. The summed E-state index contributed by atoms with van der Waals surface area (Å²) in [5, 5.41) is 2.18. The Hall–Kier alpha value is -2.55. The number of alkyl halides is 6. The van der Waals surface area contributed by atoms with Gasteiger partial charge in [0.25, 0.3) is 0 Å². The smallest absolute Gasteiger partial charge is 0.326 e. The Morgan fingerprint density at radius 1 is 0.675 bits per heavy atom. The molecule has 0 fully saturated rings. The van der Waals surface area contributed by atoms with Crippen molar-refractivity contribution >= 4 is 11.6 Å². The van der Waals surface area contributed by atoms with Gasteiger partial charge in [0.1, 0.15) is 0 Å². The van der Waals surface area contributed by atoms with Crippen LogP contribution in [0.2, 0.25) is 0 Å². The summed E-state index contributed by atoms with van der Waals surface area (Å²) in [5.41, 5.74) is 0.565. The predicted molar refractivity (Wildman–Crippen MR) is 148 cm³/mol. The highest BCUT2D eigenvalue weighted by molar-refractivity contribution is 5.90. The van der Waals surface area contributed by atoms with E-state index in [1.54, 1.807) is 0 Å². The standard InChI is InChI=1S/C31H42F6N2O/c1-23-16-24(2)18-25(17-23)22-39(3)15-13-11-9-7-5-4-6-8-10-12-14-29(40)38-28-20-26(30(32,33)34)19-27(21-28)31(35,36)37/h16-21H,4-15,22H2,1-3H3,(H,38,40). The van der Waals surface area contributed by atoms with E-state index in [9.17, 15) is 31.1 Å². The van der Waals surface area contributed by atoms with Gasteiger partial charge in [-0.25, -0.2) is 0 Å². The van der Waals surface area contributed by atoms with Crippen molar-refractivity contribution in [1.29, 1.82) is 0 Å². The van der Waals surface area contributed by atoms with Crippen LogP contribution >= 0.6 is 0 Å². The van der Waals surface area contributed by atoms with Gasteiger partial charge in [0.2, 0.25) is 5.91 Å². The van der Waals surface area contributed by atoms with Gasteiger partial charge in [0.05, 0.1) is 11.1 Å². The summed E-state index contributed by atoms with van der Waals surface area (Å²) in [6.07, 6.45) is 0.545. The fraction of sp³-hybridized carbons (Fsp3) is 0.581. The van der Waals surface area contributed by atoms with Gasteiger partial charge in [-0.15, -0.1) is 0 Å². The SMILES string of the molecule is Cc1cc(C)cc(CN(C)CCCCCCCCCCCCC(=O)Nc2cc(C(F)(F)F)cc(C(F)(F)F)c2)c1. The molecule has 1 N–H and O–H groups in total. The molecule has 1 amide bonds. The number of nitrogens with one attached hydrogen (secondary N) is 1. The Balaban J connectivity index is 1.52. The summed E-state index contributed by atoms with van der Waals surface area (Å²) in [4.78, 5) is 14.4. The van der Waals surface area contributed by atoms with Gasteiger partial charge in [0, 0.05) is 18.7 Å². The third kappa shape index (κ3) is 13.2. The number of benzene rings is 2. The summed E-state index contributed by atoms with van der Waals surface area (Å²) in [7, 11) is 2.16. The molecule has 40 heavy (non-hydrogen) atoms. The van der Waals surface area contributed by atoms with E-state index < -0.39 is 35.1 Å². The highest BCUT2D eigenvalue weighted by Gasteiger charge is 2.37. The second kappa shape index (κ2) is 16.0. The number of rotatable bonds is 16. The first kappa shape index (κ1) is 33.7. The van der Waals surface area contributed by atoms with E-state index in [2.05, 4.69) is 49.3 Å². The first-order valence-electron chi connectivity index (χ1n) is 14.1. The largest absolute Gasteiger partial charge is 0.416 e. The first-order valence-corrected chi connectivity index (χ1v) is 14.1. The predicted octanol–water partition coefficient (Wildman–Crippen LogP) is 9.70. The molecule has 0 aliphatic rings. The van der Waals surface area contributed by atoms with Crippen LogP contribution in [-0.2, 0) is 23.7 Å². The normalized spacial score (nSPS) is 12.2. The zero-order valence-electron chi connectivity index (χ0n) is 23.8. The van der Waals surface area contributed by atoms with Crippen molar-refractivity contribution in [2.24, 2.45) is 0 Å². The lowest BCUT2D eigenvalue weighted by molar-refractivity contribution is -0.143. The molecule has 0 spiro atoms. The molecular formula is C31H42F6N2O. The van der Waals surface area contributed by atoms with Crippen LogP contribution in [0.4, 0.5) is 32.0 Å². The maximum absolute atomic E-state index is 13.0. The van der Waals surface area contributed by atoms with Crippen molar-refractivity contribution in [2.75, 3.05) is 18.9 Å². The van der Waals surface area contributed by atoms with E-state index in [0.717, 1.165) is 45.2 Å². The maximum atomic E-state index is 13.0. The fourth-order valence-electron chi connectivity index (χ4n) is 4.88. The van der Waals surface area contributed by atoms with Crippen LogP contribution in [0.25, 0.3) is 0 Å². The van der Waals surface area contributed by atoms with E-state index in [0.29, 0.717) is 18.6 Å². The number of anilines is 1. The van der Waals surface area contributed by atoms with Crippen molar-refractivity contribution in [3.63, 3.8) is 0 Å². The quantitative estimate of drug-likeness (QED) is 0.160. The van der Waals surface area contributed by atoms with Crippen LogP contribution < -0.4 is 5.32 Å². The lowest BCUT2D eigenvalue weighted by Gasteiger charge is -2.17. The number of carbonyl (C=O) groups is 1. The minimum Gasteiger partial charge on any atom is -0.326 e. The Labute approximate surface area is 234 Å². The number of hydrogen-bond acceptors (Lipinski definition) is 2. The minimum absolute atomic E-state index is 0.0444. The molecule has 0 aromatic heterocycles. The monoisotopic (exact) mass is 572 g/mol. The molecule has 0 unspecified atom stereocenters. The Bertz CT molecular complexity index is 1010. The van der Waals surface area contributed by atoms with Gasteiger partial charge in [-0.3, -0.25) is 4.79 Å². The molecular weight excluding hydrogens is 530 g/mol. The van der Waals surface area contributed by atoms with Crippen LogP contribution in [-0.4, -0.2) is 24.4 Å². The summed E-state index contributed by atoms with van der Waals surface area (Å²) < 4.78 is 77.8. The van der Waals surface area contributed by atoms with Crippen LogP contribution in [0.15, 0.2) is 36.4 Å². The number of unbranched alkanes of at least 4 members (excludes halogenated alkanes) is 9. The van der Waals surface area contributed by atoms with E-state index >= 15 is 0 Å². The van der Waals surface area contributed by atoms with E-state index in [1.165, 1.54) is 42.4 Å². The number of nitrogens with zero attached hydrogens (tertiary/aromatic N) is 1. The molecule has 2 rings (SSSR count). The minimum atomic E-state index is -4.95. The fourth-order valence-corrected chi connectivity index (χ4v) is 4.88. The topological polar surface area (TPSA) is 32.3 Å². The molecule has 9 heteroatoms. The Morgan fingerprint density at radius 3 is 1.60 bits per heavy atom. The second-order valence-corrected chi connectivity index (χ2v) is 10.9. The lowest BCUT2D eigenvalue weighted by atomic mass is 10.0. The average molecular weight is 573 g/mol. The average Bonchev–Trinajstić information content (AvgIpc) is 2.82. The van der Waals surface area contributed by atoms with Crippen molar-refractivity contribution in [3.05, 3.63) is 64.2 Å². The molecule has 0 saturated carbocycles. The molecule has 0 atom stereocenters. The van der Waals surface area contributed by atoms with E-state index in [-0.39, 0.29) is 12.5 Å². The molecule has 0 saturated heterocycles. The number of halogens is 6. The van der Waals surface area contributed by atoms with Crippen molar-refractivity contribution in [2.45, 2.75) is 103 Å². The second-order valence-electron chi connectivity index (χ2n) is 10.9. The van der Waals surface area contributed by atoms with Gasteiger partial charge < -0.3 is 10.2 Å². The molecule has 0 aliphatic heterocycles. The molecule has 0 aliphatic carbocycles. The van der Waals surface area contributed by atoms with Crippen LogP contribution in [0.3, 0.4) is 0 Å². The van der Waals surface area contributed by atoms with Gasteiger partial charge in [-0.2, -0.15) is 26.3 Å². The third-order valence-corrected chi connectivity index (χ3v) is 6.80. The van der Waals surface area contributed by atoms with Crippen LogP contribution in [0.1, 0.15) is 98.4 Å². The van der Waals surface area contributed by atoms with E-state index in [4.69, 9.17) is 0 Å². The van der Waals surface area contributed by atoms with Crippen molar-refractivity contribution < 1.29 is 31.1 Å². The Kier molecular flexibility index (Phi) is 13.5. The number of carbonyl (C=O) groups excluding carboxylic acids is 1.